The molecule has 0 aliphatic rings. The van der Waals surface area contributed by atoms with Crippen LogP contribution in [0.2, 0.25) is 0 Å². The molecule has 5 nitrogen and oxygen atoms in total. The summed E-state index contributed by atoms with van der Waals surface area (Å²) in [7, 11) is 0. The summed E-state index contributed by atoms with van der Waals surface area (Å²) in [6.07, 6.45) is 0. The van der Waals surface area contributed by atoms with Crippen LogP contribution in [0.1, 0.15) is 22.3 Å². The molecule has 0 aliphatic heterocycles. The first-order chi connectivity index (χ1) is 15.1. The highest BCUT2D eigenvalue weighted by Crippen LogP contribution is 2.26. The largest absolute Gasteiger partial charge is 0.272 e. The highest BCUT2D eigenvalue weighted by molar-refractivity contribution is 7.98. The van der Waals surface area contributed by atoms with Gasteiger partial charge in [-0.3, -0.25) is 13.8 Å². The Morgan fingerprint density at radius 3 is 2.52 bits per heavy atom. The van der Waals surface area contributed by atoms with Gasteiger partial charge in [0.25, 0.3) is 5.56 Å². The first kappa shape index (κ1) is 19.6. The average Bonchev–Trinajstić information content (AvgIpc) is 3.22. The van der Waals surface area contributed by atoms with Crippen molar-refractivity contribution < 1.29 is 0 Å². The van der Waals surface area contributed by atoms with Crippen molar-refractivity contribution in [2.24, 2.45) is 0 Å². The second-order valence-electron chi connectivity index (χ2n) is 7.73. The van der Waals surface area contributed by atoms with Gasteiger partial charge < -0.3 is 0 Å². The van der Waals surface area contributed by atoms with Gasteiger partial charge >= 0.3 is 0 Å². The van der Waals surface area contributed by atoms with Crippen LogP contribution in [0.5, 0.6) is 0 Å². The number of fused-ring (bicyclic) bond motifs is 3. The van der Waals surface area contributed by atoms with E-state index in [1.54, 1.807) is 16.3 Å². The van der Waals surface area contributed by atoms with Crippen molar-refractivity contribution in [2.75, 3.05) is 0 Å². The highest BCUT2D eigenvalue weighted by atomic mass is 32.2. The Morgan fingerprint density at radius 2 is 1.68 bits per heavy atom. The minimum Gasteiger partial charge on any atom is -0.272 e. The monoisotopic (exact) mass is 426 g/mol. The van der Waals surface area contributed by atoms with Gasteiger partial charge in [-0.15, -0.1) is 10.2 Å². The molecule has 0 aliphatic carbocycles. The van der Waals surface area contributed by atoms with E-state index in [1.807, 2.05) is 59.0 Å². The maximum absolute atomic E-state index is 13.3. The van der Waals surface area contributed by atoms with E-state index in [1.165, 1.54) is 16.7 Å². The zero-order valence-corrected chi connectivity index (χ0v) is 18.3. The molecule has 6 heteroatoms. The van der Waals surface area contributed by atoms with Crippen LogP contribution in [0.15, 0.2) is 82.7 Å². The number of hydrogen-bond donors (Lipinski definition) is 0. The van der Waals surface area contributed by atoms with Gasteiger partial charge in [-0.2, -0.15) is 0 Å². The van der Waals surface area contributed by atoms with Gasteiger partial charge in [0.2, 0.25) is 5.78 Å². The Labute approximate surface area is 184 Å². The molecule has 0 radical (unpaired) electrons. The summed E-state index contributed by atoms with van der Waals surface area (Å²) in [5, 5.41) is 10.4. The summed E-state index contributed by atoms with van der Waals surface area (Å²) >= 11 is 1.64. The number of para-hydroxylation sites is 1. The van der Waals surface area contributed by atoms with Crippen molar-refractivity contribution >= 4 is 28.4 Å². The van der Waals surface area contributed by atoms with E-state index < -0.39 is 0 Å². The van der Waals surface area contributed by atoms with Gasteiger partial charge in [-0.25, -0.2) is 0 Å². The Morgan fingerprint density at radius 1 is 0.903 bits per heavy atom. The van der Waals surface area contributed by atoms with Crippen LogP contribution in [-0.2, 0) is 12.3 Å². The third-order valence-electron chi connectivity index (χ3n) is 5.52. The summed E-state index contributed by atoms with van der Waals surface area (Å²) in [6.45, 7) is 4.69. The van der Waals surface area contributed by atoms with Crippen molar-refractivity contribution in [3.63, 3.8) is 0 Å². The summed E-state index contributed by atoms with van der Waals surface area (Å²) in [5.41, 5.74) is 5.62. The minimum absolute atomic E-state index is 0.0505. The van der Waals surface area contributed by atoms with E-state index in [0.29, 0.717) is 17.7 Å². The Balaban J connectivity index is 1.64. The number of benzene rings is 3. The molecule has 31 heavy (non-hydrogen) atoms. The summed E-state index contributed by atoms with van der Waals surface area (Å²) in [4.78, 5) is 13.3. The standard InChI is InChI=1S/C25H22N4OS/c1-17-12-13-18(2)20(14-17)16-31-25-27-26-24-28(15-19-8-4-3-5-9-19)23(30)21-10-6-7-11-22(21)29(24)25/h3-14H,15-16H2,1-2H3. The van der Waals surface area contributed by atoms with Crippen molar-refractivity contribution in [3.8, 4) is 0 Å². The molecule has 2 heterocycles. The van der Waals surface area contributed by atoms with E-state index >= 15 is 0 Å². The summed E-state index contributed by atoms with van der Waals surface area (Å²) in [6, 6.07) is 24.1. The number of aryl methyl sites for hydroxylation is 2. The normalized spacial score (nSPS) is 11.4. The van der Waals surface area contributed by atoms with Gasteiger partial charge in [0, 0.05) is 5.75 Å². The zero-order chi connectivity index (χ0) is 21.4. The lowest BCUT2D eigenvalue weighted by molar-refractivity contribution is 0.764. The molecule has 5 aromatic rings. The number of nitrogens with zero attached hydrogens (tertiary/aromatic N) is 4. The first-order valence-corrected chi connectivity index (χ1v) is 11.2. The highest BCUT2D eigenvalue weighted by Gasteiger charge is 2.17. The Hall–Kier alpha value is -3.38. The number of rotatable bonds is 5. The fourth-order valence-corrected chi connectivity index (χ4v) is 4.84. The second-order valence-corrected chi connectivity index (χ2v) is 8.67. The Kier molecular flexibility index (Phi) is 5.08. The SMILES string of the molecule is Cc1ccc(C)c(CSc2nnc3n(Cc4ccccc4)c(=O)c4ccccc4n23)c1. The molecule has 3 aromatic carbocycles. The molecular formula is C25H22N4OS. The van der Waals surface area contributed by atoms with Crippen molar-refractivity contribution in [2.45, 2.75) is 31.3 Å². The fourth-order valence-electron chi connectivity index (χ4n) is 3.83. The first-order valence-electron chi connectivity index (χ1n) is 10.2. The van der Waals surface area contributed by atoms with Gasteiger partial charge in [0.15, 0.2) is 5.16 Å². The summed E-state index contributed by atoms with van der Waals surface area (Å²) < 4.78 is 3.72. The van der Waals surface area contributed by atoms with Gasteiger partial charge in [0.1, 0.15) is 0 Å². The molecule has 154 valence electrons. The van der Waals surface area contributed by atoms with Crippen molar-refractivity contribution in [3.05, 3.63) is 105 Å². The van der Waals surface area contributed by atoms with E-state index in [9.17, 15) is 4.79 Å². The molecular weight excluding hydrogens is 404 g/mol. The predicted molar refractivity (Wildman–Crippen MR) is 126 cm³/mol. The molecule has 0 unspecified atom stereocenters. The van der Waals surface area contributed by atoms with E-state index in [0.717, 1.165) is 22.0 Å². The average molecular weight is 427 g/mol. The lowest BCUT2D eigenvalue weighted by atomic mass is 10.1. The van der Waals surface area contributed by atoms with Crippen LogP contribution in [0.3, 0.4) is 0 Å². The van der Waals surface area contributed by atoms with Gasteiger partial charge in [-0.1, -0.05) is 78.0 Å². The molecule has 0 amide bonds. The maximum atomic E-state index is 13.3. The number of aromatic nitrogens is 4. The quantitative estimate of drug-likeness (QED) is 0.371. The molecule has 0 bridgehead atoms. The molecule has 0 fully saturated rings. The van der Waals surface area contributed by atoms with E-state index in [4.69, 9.17) is 0 Å². The van der Waals surface area contributed by atoms with Crippen LogP contribution < -0.4 is 5.56 Å². The maximum Gasteiger partial charge on any atom is 0.263 e. The third kappa shape index (κ3) is 3.64. The molecule has 0 saturated heterocycles. The predicted octanol–water partition coefficient (Wildman–Crippen LogP) is 5.00. The van der Waals surface area contributed by atoms with Crippen molar-refractivity contribution in [1.29, 1.82) is 0 Å². The van der Waals surface area contributed by atoms with Crippen LogP contribution in [0.25, 0.3) is 16.7 Å². The van der Waals surface area contributed by atoms with E-state index in [2.05, 4.69) is 42.2 Å². The summed E-state index contributed by atoms with van der Waals surface area (Å²) in [5.74, 6) is 1.36. The molecule has 0 atom stereocenters. The minimum atomic E-state index is -0.0505. The van der Waals surface area contributed by atoms with Gasteiger partial charge in [-0.05, 0) is 42.7 Å². The third-order valence-corrected chi connectivity index (χ3v) is 6.50. The van der Waals surface area contributed by atoms with Crippen molar-refractivity contribution in [1.82, 2.24) is 19.2 Å². The Bertz CT molecular complexity index is 1450. The molecule has 2 aromatic heterocycles. The number of hydrogen-bond acceptors (Lipinski definition) is 4. The number of thioether (sulfide) groups is 1. The molecule has 5 rings (SSSR count). The van der Waals surface area contributed by atoms with Gasteiger partial charge in [0.05, 0.1) is 17.4 Å². The zero-order valence-electron chi connectivity index (χ0n) is 17.4. The van der Waals surface area contributed by atoms with E-state index in [-0.39, 0.29) is 5.56 Å². The van der Waals surface area contributed by atoms with Crippen LogP contribution in [-0.4, -0.2) is 19.2 Å². The molecule has 0 saturated carbocycles. The lowest BCUT2D eigenvalue weighted by Gasteiger charge is -2.12. The fraction of sp³-hybridized carbons (Fsp3) is 0.160. The van der Waals surface area contributed by atoms with Crippen LogP contribution >= 0.6 is 11.8 Å². The molecule has 0 N–H and O–H groups in total. The van der Waals surface area contributed by atoms with Crippen LogP contribution in [0, 0.1) is 13.8 Å². The smallest absolute Gasteiger partial charge is 0.263 e. The topological polar surface area (TPSA) is 52.2 Å². The van der Waals surface area contributed by atoms with Crippen LogP contribution in [0.4, 0.5) is 0 Å². The molecule has 0 spiro atoms. The lowest BCUT2D eigenvalue weighted by Crippen LogP contribution is -2.24. The second kappa shape index (κ2) is 8.04.